The first-order valence-electron chi connectivity index (χ1n) is 7.13. The van der Waals surface area contributed by atoms with Gasteiger partial charge in [0.2, 0.25) is 0 Å². The Balaban J connectivity index is 2.50. The summed E-state index contributed by atoms with van der Waals surface area (Å²) in [5, 5.41) is 4.81. The number of nitrogens with zero attached hydrogens (tertiary/aromatic N) is 1. The Morgan fingerprint density at radius 3 is 2.41 bits per heavy atom. The fourth-order valence-electron chi connectivity index (χ4n) is 2.03. The number of halogens is 5. The van der Waals surface area contributed by atoms with E-state index in [1.54, 1.807) is 12.2 Å². The number of esters is 1. The minimum Gasteiger partial charge on any atom is -0.466 e. The van der Waals surface area contributed by atoms with Crippen LogP contribution < -0.4 is 10.6 Å². The van der Waals surface area contributed by atoms with Gasteiger partial charge in [-0.2, -0.15) is 13.2 Å². The standard InChI is InChI=1S/C15H12Cl2F3N3O3S/c1-7-6-27-13(21-7)23-14(12(25)26-2,15(18,19)20)22-11(24)9-4-3-8(16)5-10(9)17/h3-6H,1-2H3,(H,21,23)(H,22,24). The molecule has 0 aliphatic rings. The Kier molecular flexibility index (Phi) is 6.23. The summed E-state index contributed by atoms with van der Waals surface area (Å²) in [5.41, 5.74) is -3.46. The Morgan fingerprint density at radius 1 is 1.26 bits per heavy atom. The van der Waals surface area contributed by atoms with Crippen molar-refractivity contribution in [2.24, 2.45) is 0 Å². The number of alkyl halides is 3. The summed E-state index contributed by atoms with van der Waals surface area (Å²) in [4.78, 5) is 28.4. The van der Waals surface area contributed by atoms with Crippen LogP contribution in [0.1, 0.15) is 16.1 Å². The molecule has 12 heteroatoms. The molecular weight excluding hydrogens is 430 g/mol. The topological polar surface area (TPSA) is 80.3 Å². The van der Waals surface area contributed by atoms with Gasteiger partial charge in [0.1, 0.15) is 0 Å². The number of hydrogen-bond donors (Lipinski definition) is 2. The molecule has 0 saturated carbocycles. The van der Waals surface area contributed by atoms with Crippen LogP contribution in [0.3, 0.4) is 0 Å². The van der Waals surface area contributed by atoms with Crippen LogP contribution in [0.25, 0.3) is 0 Å². The van der Waals surface area contributed by atoms with Crippen LogP contribution in [0.5, 0.6) is 0 Å². The van der Waals surface area contributed by atoms with Crippen LogP contribution in [0.15, 0.2) is 23.6 Å². The first-order valence-corrected chi connectivity index (χ1v) is 8.76. The normalized spacial score (nSPS) is 13.6. The molecule has 0 radical (unpaired) electrons. The molecule has 1 heterocycles. The summed E-state index contributed by atoms with van der Waals surface area (Å²) in [6.45, 7) is 1.56. The number of rotatable bonds is 5. The third-order valence-corrected chi connectivity index (χ3v) is 4.73. The molecule has 6 nitrogen and oxygen atoms in total. The molecule has 0 aliphatic carbocycles. The molecule has 2 aromatic rings. The molecule has 1 aromatic heterocycles. The monoisotopic (exact) mass is 441 g/mol. The average molecular weight is 442 g/mol. The van der Waals surface area contributed by atoms with Crippen molar-refractivity contribution in [3.05, 3.63) is 44.9 Å². The summed E-state index contributed by atoms with van der Waals surface area (Å²) in [6, 6.07) is 3.59. The van der Waals surface area contributed by atoms with Gasteiger partial charge in [0.25, 0.3) is 5.91 Å². The third-order valence-electron chi connectivity index (χ3n) is 3.31. The van der Waals surface area contributed by atoms with Gasteiger partial charge in [0, 0.05) is 10.4 Å². The lowest BCUT2D eigenvalue weighted by atomic mass is 10.1. The van der Waals surface area contributed by atoms with E-state index in [9.17, 15) is 22.8 Å². The number of aryl methyl sites for hydroxylation is 1. The second-order valence-electron chi connectivity index (χ2n) is 5.24. The van der Waals surface area contributed by atoms with Gasteiger partial charge in [-0.05, 0) is 25.1 Å². The van der Waals surface area contributed by atoms with Gasteiger partial charge >= 0.3 is 17.8 Å². The number of thiazole rings is 1. The molecule has 2 N–H and O–H groups in total. The van der Waals surface area contributed by atoms with Crippen LogP contribution in [0, 0.1) is 6.92 Å². The van der Waals surface area contributed by atoms with E-state index in [1.165, 1.54) is 17.5 Å². The Labute approximate surface area is 165 Å². The van der Waals surface area contributed by atoms with Crippen LogP contribution in [0.4, 0.5) is 18.3 Å². The van der Waals surface area contributed by atoms with Crippen LogP contribution in [-0.2, 0) is 9.53 Å². The second-order valence-corrected chi connectivity index (χ2v) is 6.94. The van der Waals surface area contributed by atoms with E-state index in [0.29, 0.717) is 5.69 Å². The zero-order chi connectivity index (χ0) is 20.4. The third kappa shape index (κ3) is 4.45. The Hall–Kier alpha value is -2.04. The predicted molar refractivity (Wildman–Crippen MR) is 95.2 cm³/mol. The van der Waals surface area contributed by atoms with Crippen molar-refractivity contribution in [3.8, 4) is 0 Å². The molecule has 1 atom stereocenters. The van der Waals surface area contributed by atoms with E-state index >= 15 is 0 Å². The van der Waals surface area contributed by atoms with Crippen molar-refractivity contribution in [2.45, 2.75) is 18.8 Å². The van der Waals surface area contributed by atoms with E-state index in [0.717, 1.165) is 24.5 Å². The van der Waals surface area contributed by atoms with Gasteiger partial charge in [0.05, 0.1) is 23.4 Å². The number of amides is 1. The van der Waals surface area contributed by atoms with E-state index in [-0.39, 0.29) is 20.7 Å². The van der Waals surface area contributed by atoms with E-state index in [2.05, 4.69) is 9.72 Å². The smallest absolute Gasteiger partial charge is 0.442 e. The lowest BCUT2D eigenvalue weighted by molar-refractivity contribution is -0.203. The van der Waals surface area contributed by atoms with Crippen LogP contribution >= 0.6 is 34.5 Å². The summed E-state index contributed by atoms with van der Waals surface area (Å²) in [7, 11) is 0.763. The van der Waals surface area contributed by atoms with E-state index < -0.39 is 23.7 Å². The number of hydrogen-bond acceptors (Lipinski definition) is 6. The molecule has 0 fully saturated rings. The number of methoxy groups -OCH3 is 1. The highest BCUT2D eigenvalue weighted by atomic mass is 35.5. The number of carbonyl (C=O) groups excluding carboxylic acids is 2. The van der Waals surface area contributed by atoms with Gasteiger partial charge in [0.15, 0.2) is 5.13 Å². The van der Waals surface area contributed by atoms with Gasteiger partial charge in [-0.1, -0.05) is 23.2 Å². The molecule has 27 heavy (non-hydrogen) atoms. The lowest BCUT2D eigenvalue weighted by Gasteiger charge is -2.34. The second kappa shape index (κ2) is 7.91. The first kappa shape index (κ1) is 21.3. The van der Waals surface area contributed by atoms with Crippen molar-refractivity contribution in [1.82, 2.24) is 10.3 Å². The van der Waals surface area contributed by atoms with Crippen molar-refractivity contribution < 1.29 is 27.5 Å². The molecular formula is C15H12Cl2F3N3O3S. The quantitative estimate of drug-likeness (QED) is 0.540. The maximum Gasteiger partial charge on any atom is 0.442 e. The molecule has 0 bridgehead atoms. The highest BCUT2D eigenvalue weighted by Gasteiger charge is 2.64. The number of carbonyl (C=O) groups is 2. The van der Waals surface area contributed by atoms with Crippen LogP contribution in [-0.4, -0.2) is 35.8 Å². The zero-order valence-corrected chi connectivity index (χ0v) is 16.1. The molecule has 0 aliphatic heterocycles. The number of anilines is 1. The van der Waals surface area contributed by atoms with Crippen molar-refractivity contribution >= 4 is 51.5 Å². The van der Waals surface area contributed by atoms with Gasteiger partial charge in [-0.15, -0.1) is 11.3 Å². The Morgan fingerprint density at radius 2 is 1.93 bits per heavy atom. The fraction of sp³-hybridized carbons (Fsp3) is 0.267. The minimum atomic E-state index is -5.27. The van der Waals surface area contributed by atoms with Crippen molar-refractivity contribution in [3.63, 3.8) is 0 Å². The molecule has 1 aromatic carbocycles. The van der Waals surface area contributed by atoms with E-state index in [1.807, 2.05) is 5.32 Å². The minimum absolute atomic E-state index is 0.183. The molecule has 1 unspecified atom stereocenters. The fourth-order valence-corrected chi connectivity index (χ4v) is 3.26. The summed E-state index contributed by atoms with van der Waals surface area (Å²) >= 11 is 12.4. The van der Waals surface area contributed by atoms with Gasteiger partial charge < -0.3 is 15.4 Å². The summed E-state index contributed by atoms with van der Waals surface area (Å²) in [6.07, 6.45) is -5.27. The average Bonchev–Trinajstić information content (AvgIpc) is 2.97. The predicted octanol–water partition coefficient (Wildman–Crippen LogP) is 4.03. The highest BCUT2D eigenvalue weighted by molar-refractivity contribution is 7.13. The summed E-state index contributed by atoms with van der Waals surface area (Å²) < 4.78 is 46.0. The number of aromatic nitrogens is 1. The van der Waals surface area contributed by atoms with Gasteiger partial charge in [-0.25, -0.2) is 9.78 Å². The molecule has 146 valence electrons. The highest BCUT2D eigenvalue weighted by Crippen LogP contribution is 2.34. The summed E-state index contributed by atoms with van der Waals surface area (Å²) in [5.74, 6) is -3.04. The van der Waals surface area contributed by atoms with Crippen LogP contribution in [0.2, 0.25) is 10.0 Å². The van der Waals surface area contributed by atoms with E-state index in [4.69, 9.17) is 23.2 Å². The largest absolute Gasteiger partial charge is 0.466 e. The lowest BCUT2D eigenvalue weighted by Crippen LogP contribution is -2.69. The van der Waals surface area contributed by atoms with Crippen molar-refractivity contribution in [2.75, 3.05) is 12.4 Å². The zero-order valence-electron chi connectivity index (χ0n) is 13.8. The first-order chi connectivity index (χ1) is 12.5. The molecule has 2 rings (SSSR count). The molecule has 0 saturated heterocycles. The number of nitrogens with one attached hydrogen (secondary N) is 2. The SMILES string of the molecule is COC(=O)C(NC(=O)c1ccc(Cl)cc1Cl)(Nc1nc(C)cs1)C(F)(F)F. The number of benzene rings is 1. The molecule has 1 amide bonds. The maximum atomic E-state index is 13.9. The van der Waals surface area contributed by atoms with Gasteiger partial charge in [-0.3, -0.25) is 4.79 Å². The number of ether oxygens (including phenoxy) is 1. The Bertz CT molecular complexity index is 875. The maximum absolute atomic E-state index is 13.9. The van der Waals surface area contributed by atoms with Crippen molar-refractivity contribution in [1.29, 1.82) is 0 Å². The molecule has 0 spiro atoms.